The molecule has 28 heavy (non-hydrogen) atoms. The molecule has 2 aromatic carbocycles. The van der Waals surface area contributed by atoms with Crippen LogP contribution in [-0.2, 0) is 12.8 Å². The number of hydrogen-bond acceptors (Lipinski definition) is 4. The van der Waals surface area contributed by atoms with Crippen LogP contribution in [0.5, 0.6) is 11.5 Å². The van der Waals surface area contributed by atoms with E-state index in [9.17, 15) is 4.79 Å². The molecule has 1 saturated carbocycles. The van der Waals surface area contributed by atoms with Crippen molar-refractivity contribution in [2.45, 2.75) is 38.1 Å². The summed E-state index contributed by atoms with van der Waals surface area (Å²) in [7, 11) is 0. The summed E-state index contributed by atoms with van der Waals surface area (Å²) in [6, 6.07) is 12.0. The first-order valence-corrected chi connectivity index (χ1v) is 10.0. The molecule has 0 aromatic heterocycles. The molecule has 0 saturated heterocycles. The SMILES string of the molecule is NC(=O)N(c1ccc2c(c1)CCN(C1CCC1)CC2)c1ccc2c(c1)OCO2. The number of primary amides is 1. The van der Waals surface area contributed by atoms with Gasteiger partial charge in [0.15, 0.2) is 11.5 Å². The van der Waals surface area contributed by atoms with Gasteiger partial charge in [-0.1, -0.05) is 12.5 Å². The van der Waals surface area contributed by atoms with E-state index in [4.69, 9.17) is 15.2 Å². The number of hydrogen-bond donors (Lipinski definition) is 1. The van der Waals surface area contributed by atoms with Crippen molar-refractivity contribution < 1.29 is 14.3 Å². The summed E-state index contributed by atoms with van der Waals surface area (Å²) in [6.45, 7) is 2.41. The number of benzene rings is 2. The van der Waals surface area contributed by atoms with Crippen molar-refractivity contribution in [1.29, 1.82) is 0 Å². The van der Waals surface area contributed by atoms with Gasteiger partial charge < -0.3 is 15.2 Å². The minimum atomic E-state index is -0.511. The van der Waals surface area contributed by atoms with Crippen molar-refractivity contribution >= 4 is 17.4 Å². The van der Waals surface area contributed by atoms with Crippen molar-refractivity contribution in [3.05, 3.63) is 47.5 Å². The highest BCUT2D eigenvalue weighted by molar-refractivity contribution is 5.98. The second kappa shape index (κ2) is 7.02. The Morgan fingerprint density at radius 3 is 2.43 bits per heavy atom. The van der Waals surface area contributed by atoms with Gasteiger partial charge in [-0.2, -0.15) is 0 Å². The quantitative estimate of drug-likeness (QED) is 0.885. The Morgan fingerprint density at radius 1 is 0.964 bits per heavy atom. The van der Waals surface area contributed by atoms with Gasteiger partial charge in [0.25, 0.3) is 0 Å². The maximum absolute atomic E-state index is 12.3. The smallest absolute Gasteiger partial charge is 0.323 e. The maximum atomic E-state index is 12.3. The molecule has 2 heterocycles. The highest BCUT2D eigenvalue weighted by Crippen LogP contribution is 2.38. The van der Waals surface area contributed by atoms with Crippen LogP contribution in [0.3, 0.4) is 0 Å². The van der Waals surface area contributed by atoms with E-state index < -0.39 is 6.03 Å². The third-order valence-electron chi connectivity index (χ3n) is 6.21. The minimum absolute atomic E-state index is 0.200. The summed E-state index contributed by atoms with van der Waals surface area (Å²) in [4.78, 5) is 16.5. The Kier molecular flexibility index (Phi) is 4.36. The molecule has 1 aliphatic carbocycles. The second-order valence-corrected chi connectivity index (χ2v) is 7.78. The molecule has 3 aliphatic rings. The second-order valence-electron chi connectivity index (χ2n) is 7.78. The number of ether oxygens (including phenoxy) is 2. The fourth-order valence-electron chi connectivity index (χ4n) is 4.41. The van der Waals surface area contributed by atoms with Crippen LogP contribution in [0.15, 0.2) is 36.4 Å². The van der Waals surface area contributed by atoms with E-state index >= 15 is 0 Å². The Balaban J connectivity index is 1.43. The summed E-state index contributed by atoms with van der Waals surface area (Å²) < 4.78 is 10.8. The average molecular weight is 379 g/mol. The standard InChI is InChI=1S/C22H25N3O3/c23-22(26)25(19-6-7-20-21(13-19)28-14-27-20)18-5-4-15-8-10-24(17-2-1-3-17)11-9-16(15)12-18/h4-7,12-13,17H,1-3,8-11,14H2,(H2,23,26). The van der Waals surface area contributed by atoms with Crippen molar-refractivity contribution in [3.63, 3.8) is 0 Å². The summed E-state index contributed by atoms with van der Waals surface area (Å²) >= 11 is 0. The van der Waals surface area contributed by atoms with Gasteiger partial charge in [0.2, 0.25) is 6.79 Å². The number of nitrogens with zero attached hydrogens (tertiary/aromatic N) is 2. The number of anilines is 2. The molecule has 2 aliphatic heterocycles. The van der Waals surface area contributed by atoms with Gasteiger partial charge in [0.05, 0.1) is 11.4 Å². The van der Waals surface area contributed by atoms with Crippen molar-refractivity contribution in [2.75, 3.05) is 24.8 Å². The average Bonchev–Trinajstić information content (AvgIpc) is 3.01. The number of amides is 2. The minimum Gasteiger partial charge on any atom is -0.454 e. The van der Waals surface area contributed by atoms with Crippen molar-refractivity contribution in [3.8, 4) is 11.5 Å². The van der Waals surface area contributed by atoms with E-state index in [1.807, 2.05) is 18.2 Å². The predicted octanol–water partition coefficient (Wildman–Crippen LogP) is 3.59. The molecule has 1 fully saturated rings. The van der Waals surface area contributed by atoms with E-state index in [1.54, 1.807) is 6.07 Å². The zero-order chi connectivity index (χ0) is 19.1. The van der Waals surface area contributed by atoms with Crippen LogP contribution >= 0.6 is 0 Å². The number of nitrogens with two attached hydrogens (primary N) is 1. The van der Waals surface area contributed by atoms with Gasteiger partial charge >= 0.3 is 6.03 Å². The lowest BCUT2D eigenvalue weighted by molar-refractivity contribution is 0.133. The molecule has 0 atom stereocenters. The highest BCUT2D eigenvalue weighted by Gasteiger charge is 2.27. The first-order valence-electron chi connectivity index (χ1n) is 10.0. The van der Waals surface area contributed by atoms with Crippen LogP contribution in [0, 0.1) is 0 Å². The fraction of sp³-hybridized carbons (Fsp3) is 0.409. The lowest BCUT2D eigenvalue weighted by Gasteiger charge is -2.36. The van der Waals surface area contributed by atoms with Gasteiger partial charge in [-0.3, -0.25) is 9.80 Å². The summed E-state index contributed by atoms with van der Waals surface area (Å²) in [5, 5.41) is 0. The number of urea groups is 1. The largest absolute Gasteiger partial charge is 0.454 e. The Labute approximate surface area is 164 Å². The predicted molar refractivity (Wildman–Crippen MR) is 107 cm³/mol. The van der Waals surface area contributed by atoms with Gasteiger partial charge in [0.1, 0.15) is 0 Å². The van der Waals surface area contributed by atoms with E-state index in [1.165, 1.54) is 35.3 Å². The molecular formula is C22H25N3O3. The van der Waals surface area contributed by atoms with Crippen LogP contribution in [0.2, 0.25) is 0 Å². The van der Waals surface area contributed by atoms with Crippen LogP contribution in [0.4, 0.5) is 16.2 Å². The van der Waals surface area contributed by atoms with Gasteiger partial charge in [-0.05, 0) is 61.1 Å². The lowest BCUT2D eigenvalue weighted by atomic mass is 9.91. The zero-order valence-corrected chi connectivity index (χ0v) is 15.9. The maximum Gasteiger partial charge on any atom is 0.323 e. The molecule has 2 amide bonds. The van der Waals surface area contributed by atoms with E-state index in [0.717, 1.165) is 37.7 Å². The van der Waals surface area contributed by atoms with Crippen LogP contribution in [0.1, 0.15) is 30.4 Å². The number of rotatable bonds is 3. The summed E-state index contributed by atoms with van der Waals surface area (Å²) in [6.07, 6.45) is 6.10. The Bertz CT molecular complexity index is 910. The zero-order valence-electron chi connectivity index (χ0n) is 15.9. The third-order valence-corrected chi connectivity index (χ3v) is 6.21. The molecule has 5 rings (SSSR count). The molecule has 0 unspecified atom stereocenters. The van der Waals surface area contributed by atoms with E-state index in [-0.39, 0.29) is 6.79 Å². The van der Waals surface area contributed by atoms with Crippen LogP contribution in [0.25, 0.3) is 0 Å². The van der Waals surface area contributed by atoms with Gasteiger partial charge in [0, 0.05) is 25.2 Å². The van der Waals surface area contributed by atoms with Crippen molar-refractivity contribution in [2.24, 2.45) is 5.73 Å². The number of fused-ring (bicyclic) bond motifs is 2. The summed E-state index contributed by atoms with van der Waals surface area (Å²) in [5.74, 6) is 1.32. The van der Waals surface area contributed by atoms with Crippen LogP contribution in [-0.4, -0.2) is 36.9 Å². The molecule has 146 valence electrons. The molecule has 0 radical (unpaired) electrons. The Hall–Kier alpha value is -2.73. The first-order chi connectivity index (χ1) is 13.7. The van der Waals surface area contributed by atoms with Crippen LogP contribution < -0.4 is 20.1 Å². The first kappa shape index (κ1) is 17.4. The third kappa shape index (κ3) is 3.07. The number of carbonyl (C=O) groups is 1. The number of carbonyl (C=O) groups excluding carboxylic acids is 1. The topological polar surface area (TPSA) is 68.0 Å². The van der Waals surface area contributed by atoms with Crippen molar-refractivity contribution in [1.82, 2.24) is 4.90 Å². The molecule has 2 aromatic rings. The molecule has 0 spiro atoms. The molecule has 6 nitrogen and oxygen atoms in total. The normalized spacial score (nSPS) is 18.9. The van der Waals surface area contributed by atoms with E-state index in [0.29, 0.717) is 17.2 Å². The molecular weight excluding hydrogens is 354 g/mol. The summed E-state index contributed by atoms with van der Waals surface area (Å²) in [5.41, 5.74) is 9.91. The van der Waals surface area contributed by atoms with E-state index in [2.05, 4.69) is 17.0 Å². The van der Waals surface area contributed by atoms with Gasteiger partial charge in [-0.15, -0.1) is 0 Å². The monoisotopic (exact) mass is 379 g/mol. The highest BCUT2D eigenvalue weighted by atomic mass is 16.7. The lowest BCUT2D eigenvalue weighted by Crippen LogP contribution is -2.41. The molecule has 2 N–H and O–H groups in total. The Morgan fingerprint density at radius 2 is 1.68 bits per heavy atom. The molecule has 0 bridgehead atoms. The van der Waals surface area contributed by atoms with Gasteiger partial charge in [-0.25, -0.2) is 4.79 Å². The fourth-order valence-corrected chi connectivity index (χ4v) is 4.41. The molecule has 6 heteroatoms.